The predicted molar refractivity (Wildman–Crippen MR) is 131 cm³/mol. The van der Waals surface area contributed by atoms with Crippen molar-refractivity contribution in [3.63, 3.8) is 0 Å². The second-order valence-corrected chi connectivity index (χ2v) is 10.9. The van der Waals surface area contributed by atoms with Gasteiger partial charge >= 0.3 is 0 Å². The SMILES string of the molecule is COc1cc2c(cn1)-c1c(C)c(C3=CCC(C)(C)CC3)c(CC=O)c(C)c1N(S(C)=O)C2. The van der Waals surface area contributed by atoms with Crippen LogP contribution in [0.15, 0.2) is 18.3 Å². The molecule has 2 aromatic rings. The molecule has 4 rings (SSSR count). The number of allylic oxidation sites excluding steroid dienone is 2. The Kier molecular flexibility index (Phi) is 6.01. The van der Waals surface area contributed by atoms with Gasteiger partial charge in [0.25, 0.3) is 0 Å². The standard InChI is InChI=1S/C26H32N2O3S/c1-16-20(9-12-29)23(18-7-10-26(3,4)11-8-18)17(2)24-21-14-27-22(31-5)13-19(21)15-28(25(16)24)32(6)30/h7,12-14H,8-11,15H2,1-6H3. The molecule has 1 aromatic heterocycles. The second-order valence-electron chi connectivity index (χ2n) is 9.64. The monoisotopic (exact) mass is 452 g/mol. The van der Waals surface area contributed by atoms with Crippen molar-refractivity contribution in [3.05, 3.63) is 46.2 Å². The van der Waals surface area contributed by atoms with E-state index in [4.69, 9.17) is 4.74 Å². The van der Waals surface area contributed by atoms with Crippen LogP contribution in [0.5, 0.6) is 5.88 Å². The molecule has 6 heteroatoms. The zero-order valence-corrected chi connectivity index (χ0v) is 20.7. The first-order valence-corrected chi connectivity index (χ1v) is 12.6. The topological polar surface area (TPSA) is 59.5 Å². The summed E-state index contributed by atoms with van der Waals surface area (Å²) in [7, 11) is 0.396. The van der Waals surface area contributed by atoms with Crippen LogP contribution >= 0.6 is 0 Å². The van der Waals surface area contributed by atoms with Gasteiger partial charge in [-0.05, 0) is 71.9 Å². The van der Waals surface area contributed by atoms with E-state index in [2.05, 4.69) is 38.8 Å². The number of hydrogen-bond acceptors (Lipinski definition) is 4. The number of aldehydes is 1. The number of benzene rings is 1. The van der Waals surface area contributed by atoms with Gasteiger partial charge < -0.3 is 9.53 Å². The zero-order valence-electron chi connectivity index (χ0n) is 19.9. The fraction of sp³-hybridized carbons (Fsp3) is 0.462. The van der Waals surface area contributed by atoms with E-state index in [1.807, 2.05) is 16.6 Å². The summed E-state index contributed by atoms with van der Waals surface area (Å²) in [5.41, 5.74) is 10.2. The highest BCUT2D eigenvalue weighted by atomic mass is 32.2. The molecule has 170 valence electrons. The molecule has 32 heavy (non-hydrogen) atoms. The van der Waals surface area contributed by atoms with E-state index in [1.165, 1.54) is 11.1 Å². The van der Waals surface area contributed by atoms with Crippen LogP contribution in [0, 0.1) is 19.3 Å². The quantitative estimate of drug-likeness (QED) is 0.576. The Labute approximate surface area is 193 Å². The number of pyridine rings is 1. The molecule has 1 atom stereocenters. The van der Waals surface area contributed by atoms with Crippen molar-refractivity contribution in [1.29, 1.82) is 0 Å². The first kappa shape index (κ1) is 22.7. The van der Waals surface area contributed by atoms with Gasteiger partial charge in [0.15, 0.2) is 0 Å². The van der Waals surface area contributed by atoms with E-state index in [1.54, 1.807) is 13.4 Å². The number of anilines is 1. The van der Waals surface area contributed by atoms with Crippen molar-refractivity contribution >= 4 is 28.5 Å². The number of methoxy groups -OCH3 is 1. The number of carbonyl (C=O) groups is 1. The molecule has 2 heterocycles. The van der Waals surface area contributed by atoms with Crippen LogP contribution in [0.3, 0.4) is 0 Å². The number of carbonyl (C=O) groups excluding carboxylic acids is 1. The van der Waals surface area contributed by atoms with Crippen LogP contribution in [0.2, 0.25) is 0 Å². The third kappa shape index (κ3) is 3.79. The Bertz CT molecular complexity index is 1150. The largest absolute Gasteiger partial charge is 0.481 e. The second kappa shape index (κ2) is 8.47. The van der Waals surface area contributed by atoms with E-state index >= 15 is 0 Å². The molecule has 5 nitrogen and oxygen atoms in total. The molecule has 0 radical (unpaired) electrons. The number of rotatable bonds is 5. The normalized spacial score (nSPS) is 17.8. The van der Waals surface area contributed by atoms with Gasteiger partial charge in [0.1, 0.15) is 17.3 Å². The fourth-order valence-electron chi connectivity index (χ4n) is 5.16. The zero-order chi connectivity index (χ0) is 23.2. The maximum Gasteiger partial charge on any atom is 0.213 e. The first-order valence-electron chi connectivity index (χ1n) is 11.1. The molecule has 0 saturated carbocycles. The lowest BCUT2D eigenvalue weighted by atomic mass is 9.74. The Morgan fingerprint density at radius 2 is 2.00 bits per heavy atom. The van der Waals surface area contributed by atoms with Crippen molar-refractivity contribution in [1.82, 2.24) is 4.98 Å². The Morgan fingerprint density at radius 1 is 1.25 bits per heavy atom. The minimum Gasteiger partial charge on any atom is -0.481 e. The van der Waals surface area contributed by atoms with E-state index in [9.17, 15) is 9.00 Å². The maximum absolute atomic E-state index is 12.8. The van der Waals surface area contributed by atoms with Crippen LogP contribution < -0.4 is 9.04 Å². The number of hydrogen-bond donors (Lipinski definition) is 0. The van der Waals surface area contributed by atoms with Crippen LogP contribution in [-0.4, -0.2) is 28.8 Å². The summed E-state index contributed by atoms with van der Waals surface area (Å²) >= 11 is 0. The molecule has 1 aromatic carbocycles. The van der Waals surface area contributed by atoms with E-state index in [-0.39, 0.29) is 0 Å². The van der Waals surface area contributed by atoms with Gasteiger partial charge in [0.2, 0.25) is 5.88 Å². The lowest BCUT2D eigenvalue weighted by molar-refractivity contribution is -0.107. The van der Waals surface area contributed by atoms with Gasteiger partial charge in [-0.2, -0.15) is 0 Å². The van der Waals surface area contributed by atoms with Crippen molar-refractivity contribution < 1.29 is 13.7 Å². The van der Waals surface area contributed by atoms with E-state index < -0.39 is 11.0 Å². The maximum atomic E-state index is 12.8. The fourth-order valence-corrected chi connectivity index (χ4v) is 5.97. The van der Waals surface area contributed by atoms with Crippen LogP contribution in [0.1, 0.15) is 60.9 Å². The number of nitrogens with zero attached hydrogens (tertiary/aromatic N) is 2. The average molecular weight is 453 g/mol. The lowest BCUT2D eigenvalue weighted by Gasteiger charge is -2.36. The van der Waals surface area contributed by atoms with Crippen molar-refractivity contribution in [2.45, 2.75) is 59.9 Å². The van der Waals surface area contributed by atoms with E-state index in [0.29, 0.717) is 24.3 Å². The highest BCUT2D eigenvalue weighted by molar-refractivity contribution is 7.85. The van der Waals surface area contributed by atoms with Crippen LogP contribution in [-0.2, 0) is 28.7 Å². The van der Waals surface area contributed by atoms with Crippen LogP contribution in [0.4, 0.5) is 5.69 Å². The first-order chi connectivity index (χ1) is 15.2. The summed E-state index contributed by atoms with van der Waals surface area (Å²) in [5.74, 6) is 0.554. The van der Waals surface area contributed by atoms with Crippen molar-refractivity contribution in [2.75, 3.05) is 17.7 Å². The van der Waals surface area contributed by atoms with Crippen LogP contribution in [0.25, 0.3) is 16.7 Å². The molecular formula is C26H32N2O3S. The third-order valence-corrected chi connectivity index (χ3v) is 7.93. The summed E-state index contributed by atoms with van der Waals surface area (Å²) < 4.78 is 20.1. The third-order valence-electron chi connectivity index (χ3n) is 6.99. The van der Waals surface area contributed by atoms with Gasteiger partial charge in [-0.3, -0.25) is 4.31 Å². The number of aromatic nitrogens is 1. The van der Waals surface area contributed by atoms with Gasteiger partial charge in [-0.25, -0.2) is 9.19 Å². The van der Waals surface area contributed by atoms with Crippen molar-refractivity contribution in [3.8, 4) is 17.0 Å². The molecule has 0 spiro atoms. The summed E-state index contributed by atoms with van der Waals surface area (Å²) in [6.07, 6.45) is 10.4. The smallest absolute Gasteiger partial charge is 0.213 e. The Morgan fingerprint density at radius 3 is 2.59 bits per heavy atom. The number of ether oxygens (including phenoxy) is 1. The molecule has 0 bridgehead atoms. The van der Waals surface area contributed by atoms with Crippen molar-refractivity contribution in [2.24, 2.45) is 5.41 Å². The van der Waals surface area contributed by atoms with Gasteiger partial charge in [0, 0.05) is 36.1 Å². The molecule has 0 amide bonds. The van der Waals surface area contributed by atoms with E-state index in [0.717, 1.165) is 64.6 Å². The molecule has 0 fully saturated rings. The van der Waals surface area contributed by atoms with Gasteiger partial charge in [0.05, 0.1) is 19.3 Å². The molecular weight excluding hydrogens is 420 g/mol. The average Bonchev–Trinajstić information content (AvgIpc) is 2.76. The molecule has 1 aliphatic carbocycles. The summed E-state index contributed by atoms with van der Waals surface area (Å²) in [5, 5.41) is 0. The summed E-state index contributed by atoms with van der Waals surface area (Å²) in [4.78, 5) is 16.2. The summed E-state index contributed by atoms with van der Waals surface area (Å²) in [6, 6.07) is 1.94. The minimum absolute atomic E-state index is 0.300. The van der Waals surface area contributed by atoms with Gasteiger partial charge in [-0.1, -0.05) is 19.9 Å². The Hall–Kier alpha value is -2.47. The molecule has 1 aliphatic heterocycles. The highest BCUT2D eigenvalue weighted by Crippen LogP contribution is 2.50. The highest BCUT2D eigenvalue weighted by Gasteiger charge is 2.33. The predicted octanol–water partition coefficient (Wildman–Crippen LogP) is 5.32. The lowest BCUT2D eigenvalue weighted by Crippen LogP contribution is -2.30. The minimum atomic E-state index is -1.21. The molecule has 2 aliphatic rings. The molecule has 0 saturated heterocycles. The summed E-state index contributed by atoms with van der Waals surface area (Å²) in [6.45, 7) is 9.33. The van der Waals surface area contributed by atoms with Gasteiger partial charge in [-0.15, -0.1) is 0 Å². The number of fused-ring (bicyclic) bond motifs is 3. The molecule has 1 unspecified atom stereocenters. The Balaban J connectivity index is 2.04. The molecule has 0 N–H and O–H groups in total.